The molecule has 1 heterocycles. The van der Waals surface area contributed by atoms with Crippen molar-refractivity contribution in [2.24, 2.45) is 0 Å². The van der Waals surface area contributed by atoms with Crippen LogP contribution in [-0.4, -0.2) is 35.1 Å². The van der Waals surface area contributed by atoms with Crippen molar-refractivity contribution in [2.45, 2.75) is 52.5 Å². The first-order chi connectivity index (χ1) is 9.33. The summed E-state index contributed by atoms with van der Waals surface area (Å²) < 4.78 is 0. The van der Waals surface area contributed by atoms with Crippen molar-refractivity contribution in [3.05, 3.63) is 11.4 Å². The van der Waals surface area contributed by atoms with Crippen molar-refractivity contribution in [1.29, 1.82) is 0 Å². The minimum atomic E-state index is -0.0586. The summed E-state index contributed by atoms with van der Waals surface area (Å²) in [6, 6.07) is 0.441. The summed E-state index contributed by atoms with van der Waals surface area (Å²) in [5, 5.41) is 6.75. The van der Waals surface area contributed by atoms with Gasteiger partial charge in [-0.3, -0.25) is 0 Å². The lowest BCUT2D eigenvalue weighted by molar-refractivity contribution is 0.545. The van der Waals surface area contributed by atoms with Gasteiger partial charge >= 0.3 is 0 Å². The van der Waals surface area contributed by atoms with Gasteiger partial charge < -0.3 is 10.6 Å². The molecule has 114 valence electrons. The van der Waals surface area contributed by atoms with Crippen molar-refractivity contribution in [1.82, 2.24) is 9.97 Å². The number of aromatic nitrogens is 2. The second-order valence-electron chi connectivity index (χ2n) is 6.07. The van der Waals surface area contributed by atoms with Crippen LogP contribution in [0.15, 0.2) is 0 Å². The summed E-state index contributed by atoms with van der Waals surface area (Å²) in [6.07, 6.45) is 3.22. The van der Waals surface area contributed by atoms with E-state index in [0.29, 0.717) is 6.04 Å². The Kier molecular flexibility index (Phi) is 6.11. The van der Waals surface area contributed by atoms with Crippen LogP contribution >= 0.6 is 11.8 Å². The van der Waals surface area contributed by atoms with Gasteiger partial charge in [-0.15, -0.1) is 0 Å². The number of anilines is 2. The minimum absolute atomic E-state index is 0.0586. The molecule has 1 unspecified atom stereocenters. The lowest BCUT2D eigenvalue weighted by Gasteiger charge is -2.23. The van der Waals surface area contributed by atoms with E-state index in [9.17, 15) is 0 Å². The highest BCUT2D eigenvalue weighted by Gasteiger charge is 2.21. The maximum absolute atomic E-state index is 4.75. The third-order valence-corrected chi connectivity index (χ3v) is 3.99. The van der Waals surface area contributed by atoms with Gasteiger partial charge in [-0.1, -0.05) is 27.7 Å². The summed E-state index contributed by atoms with van der Waals surface area (Å²) in [7, 11) is 1.91. The van der Waals surface area contributed by atoms with Crippen LogP contribution in [0, 0.1) is 6.92 Å². The molecule has 20 heavy (non-hydrogen) atoms. The smallest absolute Gasteiger partial charge is 0.138 e. The van der Waals surface area contributed by atoms with Crippen molar-refractivity contribution >= 4 is 23.4 Å². The summed E-state index contributed by atoms with van der Waals surface area (Å²) in [5.41, 5.74) is 1.02. The highest BCUT2D eigenvalue weighted by atomic mass is 32.2. The highest BCUT2D eigenvalue weighted by molar-refractivity contribution is 7.98. The molecular weight excluding hydrogens is 268 g/mol. The molecule has 0 aliphatic carbocycles. The normalized spacial score (nSPS) is 13.2. The first-order valence-corrected chi connectivity index (χ1v) is 8.55. The number of nitrogens with zero attached hydrogens (tertiary/aromatic N) is 2. The molecule has 0 aliphatic rings. The maximum Gasteiger partial charge on any atom is 0.138 e. The van der Waals surface area contributed by atoms with Crippen molar-refractivity contribution < 1.29 is 0 Å². The summed E-state index contributed by atoms with van der Waals surface area (Å²) >= 11 is 1.86. The molecule has 4 nitrogen and oxygen atoms in total. The van der Waals surface area contributed by atoms with Crippen molar-refractivity contribution in [3.8, 4) is 0 Å². The zero-order valence-electron chi connectivity index (χ0n) is 13.8. The molecule has 0 amide bonds. The molecule has 0 spiro atoms. The SMILES string of the molecule is CCC(CSC)Nc1nc(C(C)(C)C)nc(NC)c1C. The van der Waals surface area contributed by atoms with Crippen LogP contribution in [0.25, 0.3) is 0 Å². The van der Waals surface area contributed by atoms with Crippen molar-refractivity contribution in [3.63, 3.8) is 0 Å². The fraction of sp³-hybridized carbons (Fsp3) is 0.733. The summed E-state index contributed by atoms with van der Waals surface area (Å²) in [4.78, 5) is 9.39. The second-order valence-corrected chi connectivity index (χ2v) is 6.98. The van der Waals surface area contributed by atoms with Gasteiger partial charge in [0, 0.05) is 29.8 Å². The minimum Gasteiger partial charge on any atom is -0.373 e. The number of rotatable bonds is 6. The fourth-order valence-corrected chi connectivity index (χ4v) is 2.61. The van der Waals surface area contributed by atoms with Crippen LogP contribution in [0.1, 0.15) is 45.5 Å². The highest BCUT2D eigenvalue weighted by Crippen LogP contribution is 2.26. The molecule has 0 bridgehead atoms. The third-order valence-electron chi connectivity index (χ3n) is 3.25. The first-order valence-electron chi connectivity index (χ1n) is 7.15. The lowest BCUT2D eigenvalue weighted by Crippen LogP contribution is -2.25. The molecule has 0 saturated carbocycles. The second kappa shape index (κ2) is 7.16. The van der Waals surface area contributed by atoms with E-state index in [1.54, 1.807) is 0 Å². The van der Waals surface area contributed by atoms with E-state index in [0.717, 1.165) is 35.2 Å². The zero-order chi connectivity index (χ0) is 15.3. The van der Waals surface area contributed by atoms with E-state index in [1.807, 2.05) is 18.8 Å². The molecule has 0 radical (unpaired) electrons. The van der Waals surface area contributed by atoms with E-state index in [2.05, 4.69) is 56.5 Å². The molecule has 1 aromatic heterocycles. The molecule has 0 saturated heterocycles. The molecule has 0 fully saturated rings. The van der Waals surface area contributed by atoms with Gasteiger partial charge in [0.1, 0.15) is 17.5 Å². The molecular formula is C15H28N4S. The Morgan fingerprint density at radius 1 is 1.20 bits per heavy atom. The molecule has 1 aromatic rings. The van der Waals surface area contributed by atoms with Gasteiger partial charge in [0.15, 0.2) is 0 Å². The Morgan fingerprint density at radius 3 is 2.25 bits per heavy atom. The molecule has 1 rings (SSSR count). The standard InChI is InChI=1S/C15H28N4S/c1-8-11(9-20-7)17-13-10(2)12(16-6)18-14(19-13)15(3,4)5/h11H,8-9H2,1-7H3,(H2,16,17,18,19). The topological polar surface area (TPSA) is 49.8 Å². The van der Waals surface area contributed by atoms with E-state index >= 15 is 0 Å². The predicted octanol–water partition coefficient (Wildman–Crippen LogP) is 3.68. The molecule has 2 N–H and O–H groups in total. The quantitative estimate of drug-likeness (QED) is 0.838. The summed E-state index contributed by atoms with van der Waals surface area (Å²) in [6.45, 7) is 10.7. The van der Waals surface area contributed by atoms with Crippen LogP contribution in [0.2, 0.25) is 0 Å². The van der Waals surface area contributed by atoms with Gasteiger partial charge in [-0.05, 0) is 19.6 Å². The Bertz CT molecular complexity index is 440. The monoisotopic (exact) mass is 296 g/mol. The van der Waals surface area contributed by atoms with Gasteiger partial charge in [-0.25, -0.2) is 9.97 Å². The Balaban J connectivity index is 3.16. The van der Waals surface area contributed by atoms with E-state index < -0.39 is 0 Å². The van der Waals surface area contributed by atoms with Crippen LogP contribution in [0.4, 0.5) is 11.6 Å². The first kappa shape index (κ1) is 17.1. The van der Waals surface area contributed by atoms with Crippen LogP contribution in [0.3, 0.4) is 0 Å². The Morgan fingerprint density at radius 2 is 1.80 bits per heavy atom. The predicted molar refractivity (Wildman–Crippen MR) is 91.1 cm³/mol. The Hall–Kier alpha value is -0.970. The average molecular weight is 296 g/mol. The number of thioether (sulfide) groups is 1. The van der Waals surface area contributed by atoms with Gasteiger partial charge in [0.05, 0.1) is 0 Å². The zero-order valence-corrected chi connectivity index (χ0v) is 14.6. The fourth-order valence-electron chi connectivity index (χ4n) is 1.89. The molecule has 0 aliphatic heterocycles. The number of hydrogen-bond acceptors (Lipinski definition) is 5. The third kappa shape index (κ3) is 4.27. The molecule has 0 aromatic carbocycles. The average Bonchev–Trinajstić information content (AvgIpc) is 2.38. The van der Waals surface area contributed by atoms with Crippen LogP contribution in [0.5, 0.6) is 0 Å². The largest absolute Gasteiger partial charge is 0.373 e. The van der Waals surface area contributed by atoms with E-state index in [-0.39, 0.29) is 5.41 Å². The van der Waals surface area contributed by atoms with E-state index in [1.165, 1.54) is 0 Å². The molecule has 5 heteroatoms. The van der Waals surface area contributed by atoms with E-state index in [4.69, 9.17) is 4.98 Å². The van der Waals surface area contributed by atoms with Crippen molar-refractivity contribution in [2.75, 3.05) is 29.7 Å². The maximum atomic E-state index is 4.75. The molecule has 1 atom stereocenters. The lowest BCUT2D eigenvalue weighted by atomic mass is 9.95. The van der Waals surface area contributed by atoms with Gasteiger partial charge in [0.25, 0.3) is 0 Å². The van der Waals surface area contributed by atoms with Gasteiger partial charge in [-0.2, -0.15) is 11.8 Å². The van der Waals surface area contributed by atoms with Gasteiger partial charge in [0.2, 0.25) is 0 Å². The van der Waals surface area contributed by atoms with Crippen LogP contribution in [-0.2, 0) is 5.41 Å². The summed E-state index contributed by atoms with van der Waals surface area (Å²) in [5.74, 6) is 3.82. The Labute approximate surface area is 127 Å². The number of nitrogens with one attached hydrogen (secondary N) is 2. The number of hydrogen-bond donors (Lipinski definition) is 2. The van der Waals surface area contributed by atoms with Crippen LogP contribution < -0.4 is 10.6 Å².